The molecule has 0 radical (unpaired) electrons. The van der Waals surface area contributed by atoms with Gasteiger partial charge in [-0.3, -0.25) is 4.79 Å². The molecule has 2 aromatic carbocycles. The number of rotatable bonds is 6. The lowest BCUT2D eigenvalue weighted by molar-refractivity contribution is 0.0904. The summed E-state index contributed by atoms with van der Waals surface area (Å²) in [6.45, 7) is 5.87. The van der Waals surface area contributed by atoms with E-state index in [0.29, 0.717) is 23.8 Å². The predicted octanol–water partition coefficient (Wildman–Crippen LogP) is 4.53. The Morgan fingerprint density at radius 1 is 1.22 bits per heavy atom. The largest absolute Gasteiger partial charge is 0.497 e. The summed E-state index contributed by atoms with van der Waals surface area (Å²) < 4.78 is 11.1. The molecule has 1 saturated heterocycles. The number of H-pyrrole nitrogens is 1. The number of thiocarbonyl (C=S) groups is 1. The van der Waals surface area contributed by atoms with Gasteiger partial charge in [-0.05, 0) is 80.4 Å². The summed E-state index contributed by atoms with van der Waals surface area (Å²) >= 11 is 5.75. The van der Waals surface area contributed by atoms with Gasteiger partial charge in [-0.15, -0.1) is 0 Å². The van der Waals surface area contributed by atoms with E-state index in [1.807, 2.05) is 48.2 Å². The minimum absolute atomic E-state index is 0.0872. The molecule has 2 heterocycles. The number of aryl methyl sites for hydroxylation is 2. The summed E-state index contributed by atoms with van der Waals surface area (Å²) in [6, 6.07) is 13.7. The maximum Gasteiger partial charge on any atom is 0.253 e. The number of aromatic amines is 1. The molecule has 4 rings (SSSR count). The first-order valence-corrected chi connectivity index (χ1v) is 11.3. The van der Waals surface area contributed by atoms with Crippen molar-refractivity contribution < 1.29 is 9.47 Å². The topological polar surface area (TPSA) is 66.6 Å². The second-order valence-electron chi connectivity index (χ2n) is 8.29. The van der Waals surface area contributed by atoms with E-state index in [2.05, 4.69) is 23.3 Å². The van der Waals surface area contributed by atoms with Crippen molar-refractivity contribution in [1.82, 2.24) is 9.88 Å². The minimum Gasteiger partial charge on any atom is -0.497 e. The van der Waals surface area contributed by atoms with Gasteiger partial charge >= 0.3 is 0 Å². The van der Waals surface area contributed by atoms with Crippen molar-refractivity contribution in [3.05, 3.63) is 69.5 Å². The molecular weight excluding hydrogens is 422 g/mol. The molecular formula is C25H29N3O3S. The van der Waals surface area contributed by atoms with Crippen LogP contribution in [-0.4, -0.2) is 41.4 Å². The fraction of sp³-hybridized carbons (Fsp3) is 0.360. The highest BCUT2D eigenvalue weighted by Crippen LogP contribution is 2.22. The van der Waals surface area contributed by atoms with Crippen LogP contribution in [0.5, 0.6) is 5.75 Å². The van der Waals surface area contributed by atoms with Crippen LogP contribution in [-0.2, 0) is 11.3 Å². The third kappa shape index (κ3) is 4.95. The normalized spacial score (nSPS) is 15.7. The molecule has 1 atom stereocenters. The molecule has 1 aromatic heterocycles. The van der Waals surface area contributed by atoms with Crippen LogP contribution in [0.1, 0.15) is 29.5 Å². The first-order chi connectivity index (χ1) is 15.4. The highest BCUT2D eigenvalue weighted by Gasteiger charge is 2.22. The van der Waals surface area contributed by atoms with E-state index in [-0.39, 0.29) is 11.7 Å². The van der Waals surface area contributed by atoms with E-state index in [1.54, 1.807) is 7.11 Å². The number of nitrogens with zero attached hydrogens (tertiary/aromatic N) is 1. The number of fused-ring (bicyclic) bond motifs is 1. The van der Waals surface area contributed by atoms with Crippen LogP contribution in [0.4, 0.5) is 5.69 Å². The number of hydrogen-bond acceptors (Lipinski definition) is 4. The van der Waals surface area contributed by atoms with Crippen LogP contribution in [0.25, 0.3) is 10.9 Å². The fourth-order valence-corrected chi connectivity index (χ4v) is 4.33. The summed E-state index contributed by atoms with van der Waals surface area (Å²) in [5.74, 6) is 0.783. The number of benzene rings is 2. The SMILES string of the molecule is COc1ccc(NC(=S)N(Cc2cc3c(C)ccc(C)c3[nH]c2=O)C[C@H]2CCCO2)cc1. The van der Waals surface area contributed by atoms with Gasteiger partial charge in [0.25, 0.3) is 5.56 Å². The number of pyridine rings is 1. The summed E-state index contributed by atoms with van der Waals surface area (Å²) in [6.07, 6.45) is 2.15. The smallest absolute Gasteiger partial charge is 0.253 e. The van der Waals surface area contributed by atoms with E-state index >= 15 is 0 Å². The zero-order valence-electron chi connectivity index (χ0n) is 18.7. The van der Waals surface area contributed by atoms with Gasteiger partial charge in [0.05, 0.1) is 25.3 Å². The van der Waals surface area contributed by atoms with Crippen LogP contribution >= 0.6 is 12.2 Å². The summed E-state index contributed by atoms with van der Waals surface area (Å²) in [7, 11) is 1.64. The number of methoxy groups -OCH3 is 1. The van der Waals surface area contributed by atoms with Crippen LogP contribution in [0.15, 0.2) is 47.3 Å². The molecule has 0 aliphatic carbocycles. The second-order valence-corrected chi connectivity index (χ2v) is 8.67. The van der Waals surface area contributed by atoms with E-state index in [1.165, 1.54) is 0 Å². The Labute approximate surface area is 193 Å². The van der Waals surface area contributed by atoms with Gasteiger partial charge in [0, 0.05) is 29.8 Å². The average Bonchev–Trinajstić information content (AvgIpc) is 3.30. The third-order valence-corrected chi connectivity index (χ3v) is 6.32. The van der Waals surface area contributed by atoms with E-state index in [0.717, 1.165) is 52.9 Å². The van der Waals surface area contributed by atoms with Crippen LogP contribution < -0.4 is 15.6 Å². The standard InChI is InChI=1S/C25H29N3O3S/c1-16-6-7-17(2)23-22(16)13-18(24(29)27-23)14-28(15-21-5-4-12-31-21)25(32)26-19-8-10-20(30-3)11-9-19/h6-11,13,21H,4-5,12,14-15H2,1-3H3,(H,26,32)(H,27,29)/t21-/m1/s1. The number of nitrogens with one attached hydrogen (secondary N) is 2. The van der Waals surface area contributed by atoms with Crippen molar-refractivity contribution in [3.8, 4) is 5.75 Å². The van der Waals surface area contributed by atoms with Crippen molar-refractivity contribution in [2.75, 3.05) is 25.6 Å². The quantitative estimate of drug-likeness (QED) is 0.537. The highest BCUT2D eigenvalue weighted by molar-refractivity contribution is 7.80. The molecule has 1 fully saturated rings. The van der Waals surface area contributed by atoms with Gasteiger partial charge in [-0.1, -0.05) is 12.1 Å². The van der Waals surface area contributed by atoms with Crippen molar-refractivity contribution in [2.45, 2.75) is 39.3 Å². The Bertz CT molecular complexity index is 1170. The zero-order valence-corrected chi connectivity index (χ0v) is 19.6. The fourth-order valence-electron chi connectivity index (χ4n) is 4.07. The molecule has 0 amide bonds. The summed E-state index contributed by atoms with van der Waals surface area (Å²) in [4.78, 5) is 18.0. The molecule has 3 aromatic rings. The molecule has 0 unspecified atom stereocenters. The van der Waals surface area contributed by atoms with E-state index in [4.69, 9.17) is 21.7 Å². The molecule has 0 saturated carbocycles. The third-order valence-electron chi connectivity index (χ3n) is 5.96. The maximum atomic E-state index is 12.9. The van der Waals surface area contributed by atoms with Gasteiger partial charge in [0.2, 0.25) is 0 Å². The van der Waals surface area contributed by atoms with Crippen LogP contribution in [0, 0.1) is 13.8 Å². The molecule has 32 heavy (non-hydrogen) atoms. The van der Waals surface area contributed by atoms with Gasteiger partial charge in [0.1, 0.15) is 5.75 Å². The molecule has 6 nitrogen and oxygen atoms in total. The van der Waals surface area contributed by atoms with Gasteiger partial charge in [-0.2, -0.15) is 0 Å². The Balaban J connectivity index is 1.61. The Kier molecular flexibility index (Phi) is 6.77. The molecule has 1 aliphatic heterocycles. The number of hydrogen-bond donors (Lipinski definition) is 2. The number of ether oxygens (including phenoxy) is 2. The predicted molar refractivity (Wildman–Crippen MR) is 133 cm³/mol. The monoisotopic (exact) mass is 451 g/mol. The van der Waals surface area contributed by atoms with Gasteiger partial charge in [0.15, 0.2) is 5.11 Å². The zero-order chi connectivity index (χ0) is 22.7. The number of aromatic nitrogens is 1. The van der Waals surface area contributed by atoms with Crippen molar-refractivity contribution in [2.24, 2.45) is 0 Å². The molecule has 1 aliphatic rings. The van der Waals surface area contributed by atoms with E-state index < -0.39 is 0 Å². The average molecular weight is 452 g/mol. The highest BCUT2D eigenvalue weighted by atomic mass is 32.1. The Hall–Kier alpha value is -2.90. The lowest BCUT2D eigenvalue weighted by atomic mass is 10.0. The molecule has 168 valence electrons. The van der Waals surface area contributed by atoms with Crippen LogP contribution in [0.2, 0.25) is 0 Å². The number of anilines is 1. The summed E-state index contributed by atoms with van der Waals surface area (Å²) in [5, 5.41) is 4.92. The first kappa shape index (κ1) is 22.3. The second kappa shape index (κ2) is 9.71. The first-order valence-electron chi connectivity index (χ1n) is 10.9. The van der Waals surface area contributed by atoms with Crippen molar-refractivity contribution >= 4 is 33.9 Å². The van der Waals surface area contributed by atoms with Crippen molar-refractivity contribution in [3.63, 3.8) is 0 Å². The molecule has 7 heteroatoms. The van der Waals surface area contributed by atoms with Gasteiger partial charge < -0.3 is 24.7 Å². The minimum atomic E-state index is -0.0872. The van der Waals surface area contributed by atoms with Gasteiger partial charge in [-0.25, -0.2) is 0 Å². The Morgan fingerprint density at radius 3 is 2.66 bits per heavy atom. The van der Waals surface area contributed by atoms with E-state index in [9.17, 15) is 4.79 Å². The van der Waals surface area contributed by atoms with Crippen molar-refractivity contribution in [1.29, 1.82) is 0 Å². The summed E-state index contributed by atoms with van der Waals surface area (Å²) in [5.41, 5.74) is 4.55. The lowest BCUT2D eigenvalue weighted by Crippen LogP contribution is -2.40. The maximum absolute atomic E-state index is 12.9. The lowest BCUT2D eigenvalue weighted by Gasteiger charge is -2.28. The molecule has 0 bridgehead atoms. The van der Waals surface area contributed by atoms with Crippen LogP contribution in [0.3, 0.4) is 0 Å². The Morgan fingerprint density at radius 2 is 1.97 bits per heavy atom. The molecule has 2 N–H and O–H groups in total. The molecule has 0 spiro atoms.